The lowest BCUT2D eigenvalue weighted by Gasteiger charge is -2.48. The van der Waals surface area contributed by atoms with Crippen molar-refractivity contribution in [3.05, 3.63) is 24.4 Å². The fourth-order valence-electron chi connectivity index (χ4n) is 4.85. The van der Waals surface area contributed by atoms with E-state index in [0.717, 1.165) is 0 Å². The number of hydrogen-bond donors (Lipinski definition) is 11. The molecule has 0 aromatic carbocycles. The van der Waals surface area contributed by atoms with Gasteiger partial charge in [-0.1, -0.05) is 6.07 Å². The summed E-state index contributed by atoms with van der Waals surface area (Å²) in [5, 5.41) is 105. The summed E-state index contributed by atoms with van der Waals surface area (Å²) < 4.78 is 27.5. The highest BCUT2D eigenvalue weighted by Crippen LogP contribution is 2.32. The molecule has 17 heteroatoms. The maximum absolute atomic E-state index is 11.0. The third kappa shape index (κ3) is 6.38. The number of hydrogen-bond acceptors (Lipinski definition) is 17. The van der Waals surface area contributed by atoms with Crippen LogP contribution in [0, 0.1) is 0 Å². The zero-order valence-corrected chi connectivity index (χ0v) is 21.1. The van der Waals surface area contributed by atoms with Gasteiger partial charge in [-0.2, -0.15) is 0 Å². The van der Waals surface area contributed by atoms with Crippen LogP contribution in [0.2, 0.25) is 0 Å². The zero-order chi connectivity index (χ0) is 29.1. The van der Waals surface area contributed by atoms with Crippen molar-refractivity contribution in [2.75, 3.05) is 25.1 Å². The highest BCUT2D eigenvalue weighted by atomic mass is 16.7. The molecule has 0 saturated carbocycles. The van der Waals surface area contributed by atoms with Crippen molar-refractivity contribution in [2.45, 2.75) is 92.1 Å². The lowest BCUT2D eigenvalue weighted by molar-refractivity contribution is -0.373. The Bertz CT molecular complexity index is 916. The summed E-state index contributed by atoms with van der Waals surface area (Å²) in [5.74, 6) is 0.285. The maximum Gasteiger partial charge on any atom is 0.187 e. The Morgan fingerprint density at radius 1 is 0.650 bits per heavy atom. The van der Waals surface area contributed by atoms with Crippen LogP contribution in [-0.2, 0) is 23.7 Å². The molecule has 0 spiro atoms. The molecule has 3 fully saturated rings. The third-order valence-electron chi connectivity index (χ3n) is 7.10. The molecule has 40 heavy (non-hydrogen) atoms. The molecule has 3 saturated heterocycles. The van der Waals surface area contributed by atoms with Gasteiger partial charge in [0.05, 0.1) is 19.8 Å². The first-order chi connectivity index (χ1) is 19.1. The highest BCUT2D eigenvalue weighted by Gasteiger charge is 2.53. The SMILES string of the molecule is OC[C@H]1O[C@H](O[C@H]2[C@H](O)[C@@H](O)[C@@H](O[C@H]3[C@H](O)[C@@H](Nc4ccccn4)C(O)O[C@@H]3CO)O[C@@H]2CO)[C@H](O)[C@@H](O)[C@@H]1O. The van der Waals surface area contributed by atoms with Crippen molar-refractivity contribution >= 4 is 5.82 Å². The van der Waals surface area contributed by atoms with Crippen LogP contribution in [0.15, 0.2) is 24.4 Å². The number of nitrogens with one attached hydrogen (secondary N) is 1. The minimum Gasteiger partial charge on any atom is -0.394 e. The molecule has 1 unspecified atom stereocenters. The number of nitrogens with zero attached hydrogens (tertiary/aromatic N) is 1. The number of ether oxygens (including phenoxy) is 5. The monoisotopic (exact) mass is 580 g/mol. The fourth-order valence-corrected chi connectivity index (χ4v) is 4.85. The normalized spacial score (nSPS) is 46.2. The van der Waals surface area contributed by atoms with Gasteiger partial charge in [-0.3, -0.25) is 0 Å². The van der Waals surface area contributed by atoms with E-state index in [0.29, 0.717) is 0 Å². The first kappa shape index (κ1) is 31.3. The van der Waals surface area contributed by atoms with Gasteiger partial charge in [0.15, 0.2) is 18.9 Å². The Hall–Kier alpha value is -1.65. The molecule has 4 rings (SSSR count). The Kier molecular flexibility index (Phi) is 10.6. The number of rotatable bonds is 9. The van der Waals surface area contributed by atoms with E-state index in [-0.39, 0.29) is 5.82 Å². The van der Waals surface area contributed by atoms with E-state index >= 15 is 0 Å². The summed E-state index contributed by atoms with van der Waals surface area (Å²) in [4.78, 5) is 4.06. The molecular formula is C23H36N2O15. The molecule has 0 bridgehead atoms. The molecule has 15 atom stereocenters. The fraction of sp³-hybridized carbons (Fsp3) is 0.783. The molecule has 1 aromatic rings. The topological polar surface area (TPSA) is 273 Å². The largest absolute Gasteiger partial charge is 0.394 e. The van der Waals surface area contributed by atoms with Crippen LogP contribution in [0.4, 0.5) is 5.82 Å². The van der Waals surface area contributed by atoms with Crippen molar-refractivity contribution in [1.82, 2.24) is 4.98 Å². The van der Waals surface area contributed by atoms with Crippen LogP contribution in [0.25, 0.3) is 0 Å². The van der Waals surface area contributed by atoms with E-state index in [2.05, 4.69) is 10.3 Å². The summed E-state index contributed by atoms with van der Waals surface area (Å²) in [6, 6.07) is 3.68. The van der Waals surface area contributed by atoms with Gasteiger partial charge in [-0.15, -0.1) is 0 Å². The van der Waals surface area contributed by atoms with Gasteiger partial charge in [0.25, 0.3) is 0 Å². The van der Waals surface area contributed by atoms with Crippen LogP contribution in [-0.4, -0.2) is 168 Å². The van der Waals surface area contributed by atoms with E-state index in [1.807, 2.05) is 0 Å². The van der Waals surface area contributed by atoms with Crippen LogP contribution in [0.5, 0.6) is 0 Å². The van der Waals surface area contributed by atoms with Crippen molar-refractivity contribution in [1.29, 1.82) is 0 Å². The van der Waals surface area contributed by atoms with E-state index in [1.54, 1.807) is 18.2 Å². The Morgan fingerprint density at radius 2 is 1.20 bits per heavy atom. The van der Waals surface area contributed by atoms with Crippen LogP contribution >= 0.6 is 0 Å². The van der Waals surface area contributed by atoms with E-state index in [4.69, 9.17) is 23.7 Å². The predicted octanol–water partition coefficient (Wildman–Crippen LogP) is -6.06. The summed E-state index contributed by atoms with van der Waals surface area (Å²) in [6.45, 7) is -2.26. The van der Waals surface area contributed by atoms with Gasteiger partial charge in [0, 0.05) is 6.20 Å². The van der Waals surface area contributed by atoms with Crippen LogP contribution in [0.1, 0.15) is 0 Å². The maximum atomic E-state index is 11.0. The number of pyridine rings is 1. The smallest absolute Gasteiger partial charge is 0.187 e. The first-order valence-corrected chi connectivity index (χ1v) is 12.6. The van der Waals surface area contributed by atoms with Gasteiger partial charge >= 0.3 is 0 Å². The molecule has 11 N–H and O–H groups in total. The van der Waals surface area contributed by atoms with Gasteiger partial charge in [0.1, 0.15) is 79.0 Å². The standard InChI is InChI=1S/C23H36N2O15/c26-5-8-13(29)15(31)17(33)22(37-8)40-20-10(7-28)38-23(18(34)16(20)32)39-19-9(6-27)36-21(35)12(14(19)30)25-11-3-1-2-4-24-11/h1-4,8-10,12-23,26-35H,5-7H2,(H,24,25)/t8-,9-,10-,12-,13-,14-,15+,16-,17-,18-,19-,20-,21?,22-,23-/m1/s1. The van der Waals surface area contributed by atoms with Gasteiger partial charge in [-0.05, 0) is 12.1 Å². The highest BCUT2D eigenvalue weighted by molar-refractivity contribution is 5.35. The Morgan fingerprint density at radius 3 is 1.77 bits per heavy atom. The average Bonchev–Trinajstić information content (AvgIpc) is 2.96. The van der Waals surface area contributed by atoms with Gasteiger partial charge < -0.3 is 80.1 Å². The average molecular weight is 581 g/mol. The summed E-state index contributed by atoms with van der Waals surface area (Å²) in [5.41, 5.74) is 0. The van der Waals surface area contributed by atoms with Crippen molar-refractivity contribution in [2.24, 2.45) is 0 Å². The predicted molar refractivity (Wildman–Crippen MR) is 127 cm³/mol. The van der Waals surface area contributed by atoms with E-state index in [1.165, 1.54) is 6.20 Å². The van der Waals surface area contributed by atoms with Crippen molar-refractivity contribution < 1.29 is 74.7 Å². The first-order valence-electron chi connectivity index (χ1n) is 12.6. The molecule has 228 valence electrons. The van der Waals surface area contributed by atoms with Crippen LogP contribution < -0.4 is 5.32 Å². The molecular weight excluding hydrogens is 544 g/mol. The second-order valence-electron chi connectivity index (χ2n) is 9.73. The molecule has 1 aromatic heterocycles. The molecule has 4 heterocycles. The lowest BCUT2D eigenvalue weighted by atomic mass is 9.95. The quantitative estimate of drug-likeness (QED) is 0.130. The van der Waals surface area contributed by atoms with E-state index in [9.17, 15) is 51.1 Å². The zero-order valence-electron chi connectivity index (χ0n) is 21.1. The Labute approximate surface area is 227 Å². The Balaban J connectivity index is 1.47. The molecule has 3 aliphatic heterocycles. The van der Waals surface area contributed by atoms with E-state index < -0.39 is 112 Å². The molecule has 0 aliphatic carbocycles. The van der Waals surface area contributed by atoms with Crippen molar-refractivity contribution in [3.8, 4) is 0 Å². The lowest BCUT2D eigenvalue weighted by Crippen LogP contribution is -2.67. The second kappa shape index (κ2) is 13.6. The third-order valence-corrected chi connectivity index (χ3v) is 7.10. The summed E-state index contributed by atoms with van der Waals surface area (Å²) >= 11 is 0. The number of aliphatic hydroxyl groups is 10. The van der Waals surface area contributed by atoms with Gasteiger partial charge in [0.2, 0.25) is 0 Å². The number of aliphatic hydroxyl groups excluding tert-OH is 10. The minimum absolute atomic E-state index is 0.285. The molecule has 0 amide bonds. The minimum atomic E-state index is -1.89. The molecule has 17 nitrogen and oxygen atoms in total. The van der Waals surface area contributed by atoms with Gasteiger partial charge in [-0.25, -0.2) is 4.98 Å². The van der Waals surface area contributed by atoms with Crippen LogP contribution in [0.3, 0.4) is 0 Å². The number of aromatic nitrogens is 1. The van der Waals surface area contributed by atoms with Crippen molar-refractivity contribution in [3.63, 3.8) is 0 Å². The molecule has 0 radical (unpaired) electrons. The summed E-state index contributed by atoms with van der Waals surface area (Å²) in [6.07, 6.45) is -21.2. The summed E-state index contributed by atoms with van der Waals surface area (Å²) in [7, 11) is 0. The number of anilines is 1. The molecule has 3 aliphatic rings. The second-order valence-corrected chi connectivity index (χ2v) is 9.73.